The van der Waals surface area contributed by atoms with Crippen molar-refractivity contribution in [2.75, 3.05) is 0 Å². The molecule has 5 rings (SSSR count). The third kappa shape index (κ3) is 9.06. The van der Waals surface area contributed by atoms with Crippen molar-refractivity contribution >= 4 is 11.8 Å². The van der Waals surface area contributed by atoms with Crippen LogP contribution in [0.25, 0.3) is 11.1 Å². The Morgan fingerprint density at radius 1 is 0.846 bits per heavy atom. The van der Waals surface area contributed by atoms with Crippen LogP contribution in [0.5, 0.6) is 0 Å². The molecule has 2 aliphatic carbocycles. The summed E-state index contributed by atoms with van der Waals surface area (Å²) in [5, 5.41) is 1.56. The monoisotopic (exact) mass is 608 g/mol. The summed E-state index contributed by atoms with van der Waals surface area (Å²) in [5.41, 5.74) is 10.2. The maximum absolute atomic E-state index is 3.53. The molecule has 3 aromatic rings. The summed E-state index contributed by atoms with van der Waals surface area (Å²) in [6, 6.07) is 25.6. The SMILES string of the molecule is CC(C)(C)c1c[c-]c2c(c1)-c1cc(C(C)(C)C)ccc1C2.C[Si](C)(C)C1=CC[C-]=C1.[Zr+2]=[CH]Cc1ccccc1. The van der Waals surface area contributed by atoms with E-state index in [2.05, 4.69) is 144 Å². The quantitative estimate of drug-likeness (QED) is 0.160. The van der Waals surface area contributed by atoms with Crippen LogP contribution in [0.1, 0.15) is 75.8 Å². The Balaban J connectivity index is 0.000000192. The van der Waals surface area contributed by atoms with Gasteiger partial charge in [0.15, 0.2) is 0 Å². The Hall–Kier alpha value is -1.89. The van der Waals surface area contributed by atoms with Crippen molar-refractivity contribution in [2.45, 2.75) is 91.3 Å². The maximum atomic E-state index is 3.53. The van der Waals surface area contributed by atoms with Gasteiger partial charge in [-0.15, -0.1) is 12.0 Å². The van der Waals surface area contributed by atoms with Crippen LogP contribution < -0.4 is 0 Å². The summed E-state index contributed by atoms with van der Waals surface area (Å²) < 4.78 is 2.25. The summed E-state index contributed by atoms with van der Waals surface area (Å²) in [5.74, 6) is 0. The second kappa shape index (κ2) is 13.2. The Morgan fingerprint density at radius 3 is 2.00 bits per heavy atom. The number of hydrogen-bond donors (Lipinski definition) is 0. The minimum absolute atomic E-state index is 0.177. The molecule has 0 aromatic heterocycles. The molecule has 0 nitrogen and oxygen atoms in total. The predicted molar refractivity (Wildman–Crippen MR) is 171 cm³/mol. The molecule has 0 spiro atoms. The molecular weight excluding hydrogens is 564 g/mol. The molecule has 0 aliphatic heterocycles. The minimum atomic E-state index is -0.981. The Morgan fingerprint density at radius 2 is 1.49 bits per heavy atom. The van der Waals surface area contributed by atoms with Crippen LogP contribution in [0.3, 0.4) is 0 Å². The van der Waals surface area contributed by atoms with E-state index in [1.807, 2.05) is 6.07 Å². The summed E-state index contributed by atoms with van der Waals surface area (Å²) in [6.07, 6.45) is 10.8. The van der Waals surface area contributed by atoms with E-state index in [0.717, 1.165) is 19.3 Å². The molecule has 2 heteroatoms. The van der Waals surface area contributed by atoms with Crippen LogP contribution in [0.4, 0.5) is 0 Å². The van der Waals surface area contributed by atoms with Crippen LogP contribution in [-0.2, 0) is 47.9 Å². The molecular formula is C37H46SiZr. The van der Waals surface area contributed by atoms with E-state index in [1.165, 1.54) is 63.2 Å². The van der Waals surface area contributed by atoms with Crippen LogP contribution in [0.15, 0.2) is 78.0 Å². The van der Waals surface area contributed by atoms with E-state index in [9.17, 15) is 0 Å². The first kappa shape index (κ1) is 31.6. The normalized spacial score (nSPS) is 13.9. The summed E-state index contributed by atoms with van der Waals surface area (Å²) in [6.45, 7) is 20.7. The molecule has 3 aromatic carbocycles. The van der Waals surface area contributed by atoms with Gasteiger partial charge < -0.3 is 0 Å². The zero-order chi connectivity index (χ0) is 28.8. The van der Waals surface area contributed by atoms with Crippen molar-refractivity contribution in [3.63, 3.8) is 0 Å². The van der Waals surface area contributed by atoms with Gasteiger partial charge in [0.2, 0.25) is 0 Å². The molecule has 0 N–H and O–H groups in total. The molecule has 2 aliphatic rings. The molecule has 0 heterocycles. The molecule has 0 atom stereocenters. The summed E-state index contributed by atoms with van der Waals surface area (Å²) >= 11 is 1.51. The average molecular weight is 610 g/mol. The number of allylic oxidation sites excluding steroid dienone is 4. The van der Waals surface area contributed by atoms with E-state index >= 15 is 0 Å². The van der Waals surface area contributed by atoms with Crippen LogP contribution in [-0.4, -0.2) is 11.8 Å². The first-order valence-electron chi connectivity index (χ1n) is 14.2. The molecule has 0 saturated heterocycles. The summed E-state index contributed by atoms with van der Waals surface area (Å²) in [7, 11) is -0.981. The zero-order valence-electron chi connectivity index (χ0n) is 25.6. The van der Waals surface area contributed by atoms with E-state index in [1.54, 1.807) is 5.20 Å². The predicted octanol–water partition coefficient (Wildman–Crippen LogP) is 9.78. The van der Waals surface area contributed by atoms with Crippen LogP contribution >= 0.6 is 0 Å². The van der Waals surface area contributed by atoms with Gasteiger partial charge in [0, 0.05) is 0 Å². The Bertz CT molecular complexity index is 1260. The van der Waals surface area contributed by atoms with Crippen molar-refractivity contribution in [1.82, 2.24) is 0 Å². The van der Waals surface area contributed by atoms with E-state index in [4.69, 9.17) is 0 Å². The van der Waals surface area contributed by atoms with Gasteiger partial charge in [-0.3, -0.25) is 6.08 Å². The fourth-order valence-corrected chi connectivity index (χ4v) is 6.46. The number of rotatable bonds is 3. The Labute approximate surface area is 255 Å². The van der Waals surface area contributed by atoms with Gasteiger partial charge in [0.25, 0.3) is 0 Å². The summed E-state index contributed by atoms with van der Waals surface area (Å²) in [4.78, 5) is 0. The van der Waals surface area contributed by atoms with Crippen molar-refractivity contribution < 1.29 is 24.2 Å². The van der Waals surface area contributed by atoms with E-state index in [-0.39, 0.29) is 10.8 Å². The third-order valence-electron chi connectivity index (χ3n) is 7.27. The molecule has 202 valence electrons. The molecule has 0 unspecified atom stereocenters. The fourth-order valence-electron chi connectivity index (χ4n) is 4.64. The van der Waals surface area contributed by atoms with Gasteiger partial charge in [0.05, 0.1) is 0 Å². The fraction of sp³-hybridized carbons (Fsp3) is 0.378. The van der Waals surface area contributed by atoms with Crippen molar-refractivity contribution in [3.05, 3.63) is 118 Å². The molecule has 0 radical (unpaired) electrons. The van der Waals surface area contributed by atoms with Gasteiger partial charge in [-0.2, -0.15) is 35.4 Å². The van der Waals surface area contributed by atoms with Gasteiger partial charge in [0.1, 0.15) is 0 Å². The Kier molecular flexibility index (Phi) is 10.7. The number of benzene rings is 3. The van der Waals surface area contributed by atoms with Crippen molar-refractivity contribution in [3.8, 4) is 11.1 Å². The van der Waals surface area contributed by atoms with Gasteiger partial charge in [-0.05, 0) is 25.5 Å². The molecule has 39 heavy (non-hydrogen) atoms. The van der Waals surface area contributed by atoms with Gasteiger partial charge in [-0.1, -0.05) is 95.9 Å². The zero-order valence-corrected chi connectivity index (χ0v) is 29.1. The number of fused-ring (bicyclic) bond motifs is 3. The second-order valence-electron chi connectivity index (χ2n) is 13.7. The van der Waals surface area contributed by atoms with Crippen LogP contribution in [0, 0.1) is 12.1 Å². The first-order valence-corrected chi connectivity index (χ1v) is 19.1. The third-order valence-corrected chi connectivity index (χ3v) is 9.85. The van der Waals surface area contributed by atoms with Gasteiger partial charge in [-0.25, -0.2) is 11.3 Å². The van der Waals surface area contributed by atoms with Crippen molar-refractivity contribution in [1.29, 1.82) is 0 Å². The molecule has 0 fully saturated rings. The van der Waals surface area contributed by atoms with Gasteiger partial charge >= 0.3 is 70.3 Å². The molecule has 0 amide bonds. The first-order chi connectivity index (χ1) is 18.2. The van der Waals surface area contributed by atoms with Crippen molar-refractivity contribution in [2.24, 2.45) is 0 Å². The van der Waals surface area contributed by atoms with E-state index < -0.39 is 8.07 Å². The standard InChI is InChI=1S/C21H25.C8H13Si.C8H8.Zr/c1-20(2,3)16-9-7-14-11-15-8-10-17(21(4,5)6)13-19(15)18(14)12-16;1-9(2,3)8-6-4-5-7-8;1-2-8-6-4-3-5-7-8;/h7,9-10,12-13H,11H2,1-6H3;6-7H,4H2,1-3H3;1,3-7H,2H2;/q2*-1;;+2. The average Bonchev–Trinajstić information content (AvgIpc) is 3.52. The second-order valence-corrected chi connectivity index (χ2v) is 19.8. The molecule has 0 saturated carbocycles. The van der Waals surface area contributed by atoms with E-state index in [0.29, 0.717) is 0 Å². The molecule has 0 bridgehead atoms. The van der Waals surface area contributed by atoms with Crippen LogP contribution in [0.2, 0.25) is 19.6 Å². The number of hydrogen-bond acceptors (Lipinski definition) is 0. The topological polar surface area (TPSA) is 0 Å².